The largest absolute Gasteiger partial charge is 0.490 e. The van der Waals surface area contributed by atoms with Crippen LogP contribution in [0.2, 0.25) is 0 Å². The zero-order chi connectivity index (χ0) is 24.5. The Hall–Kier alpha value is -0.700. The number of halogens is 1. The number of aliphatic hydroxyl groups is 1. The van der Waals surface area contributed by atoms with E-state index in [0.29, 0.717) is 6.42 Å². The number of aliphatic hydroxyl groups excluding tert-OH is 1. The number of nitrogens with two attached hydrogens (primary N) is 1. The molecule has 0 spiro atoms. The van der Waals surface area contributed by atoms with Crippen LogP contribution in [0.4, 0.5) is 5.82 Å². The zero-order valence-electron chi connectivity index (χ0n) is 16.2. The first-order chi connectivity index (χ1) is 14.5. The van der Waals surface area contributed by atoms with Crippen molar-refractivity contribution < 1.29 is 56.3 Å². The number of alkyl halides is 1. The summed E-state index contributed by atoms with van der Waals surface area (Å²) in [6, 6.07) is 1.27. The number of nitrogen functional groups attached to an aromatic ring is 1. The fraction of sp³-hybridized carbons (Fsp3) is 0.667. The summed E-state index contributed by atoms with van der Waals surface area (Å²) in [5.41, 5.74) is 2.78. The van der Waals surface area contributed by atoms with E-state index in [2.05, 4.69) is 18.1 Å². The Balaban J connectivity index is 2.24. The van der Waals surface area contributed by atoms with Gasteiger partial charge in [-0.3, -0.25) is 9.09 Å². The summed E-state index contributed by atoms with van der Waals surface area (Å²) in [7, 11) is -16.8. The Bertz CT molecular complexity index is 1030. The second-order valence-corrected chi connectivity index (χ2v) is 11.5. The van der Waals surface area contributed by atoms with E-state index in [1.165, 1.54) is 12.3 Å². The molecule has 0 aromatic carbocycles. The maximum Gasteiger partial charge on any atom is 0.490 e. The number of phosphoric ester groups is 1. The molecule has 184 valence electrons. The molecule has 1 fully saturated rings. The Kier molecular flexibility index (Phi) is 8.51. The zero-order valence-corrected chi connectivity index (χ0v) is 19.6. The standard InChI is InChI=1S/C12H21ClN3O13P3/c1-2-4-12(6-26-31(22,23)29-32(24,25)28-30(19,20)21)9(17)8(13)10(27-12)16-5-3-7(14)15-11(16)18/h3,5,8-10,17H,2,4,6H2,1H3,(H,22,23)(H,24,25)(H2,14,15,18)(H2,19,20,21)/t8-,9+,10-,12-/m1/s1. The molecule has 0 amide bonds. The summed E-state index contributed by atoms with van der Waals surface area (Å²) < 4.78 is 52.8. The van der Waals surface area contributed by atoms with E-state index in [0.717, 1.165) is 4.57 Å². The van der Waals surface area contributed by atoms with Crippen LogP contribution in [0.15, 0.2) is 17.1 Å². The summed E-state index contributed by atoms with van der Waals surface area (Å²) in [5.74, 6) is -0.0802. The number of phosphoric acid groups is 3. The molecule has 2 unspecified atom stereocenters. The molecule has 1 aliphatic heterocycles. The lowest BCUT2D eigenvalue weighted by Crippen LogP contribution is -2.45. The van der Waals surface area contributed by atoms with E-state index >= 15 is 0 Å². The van der Waals surface area contributed by atoms with Crippen molar-refractivity contribution in [3.8, 4) is 0 Å². The first-order valence-corrected chi connectivity index (χ1v) is 13.6. The smallest absolute Gasteiger partial charge is 0.388 e. The lowest BCUT2D eigenvalue weighted by atomic mass is 9.92. The summed E-state index contributed by atoms with van der Waals surface area (Å²) in [4.78, 5) is 51.7. The molecule has 1 saturated heterocycles. The van der Waals surface area contributed by atoms with Gasteiger partial charge in [0.05, 0.1) is 6.61 Å². The normalized spacial score (nSPS) is 30.0. The van der Waals surface area contributed by atoms with Gasteiger partial charge in [-0.15, -0.1) is 11.6 Å². The molecule has 1 aromatic rings. The SMILES string of the molecule is CCC[C@]1(COP(=O)(O)OP(=O)(O)OP(=O)(O)O)O[C@@H](n2ccc(N)nc2=O)[C@H](Cl)[C@@H]1O. The lowest BCUT2D eigenvalue weighted by Gasteiger charge is -2.32. The van der Waals surface area contributed by atoms with Crippen molar-refractivity contribution in [3.05, 3.63) is 22.7 Å². The minimum atomic E-state index is -5.73. The molecule has 0 aliphatic carbocycles. The minimum Gasteiger partial charge on any atom is -0.388 e. The molecule has 32 heavy (non-hydrogen) atoms. The summed E-state index contributed by atoms with van der Waals surface area (Å²) >= 11 is 6.22. The van der Waals surface area contributed by atoms with E-state index in [1.54, 1.807) is 6.92 Å². The molecule has 0 saturated carbocycles. The van der Waals surface area contributed by atoms with Gasteiger partial charge in [-0.25, -0.2) is 18.5 Å². The lowest BCUT2D eigenvalue weighted by molar-refractivity contribution is -0.130. The van der Waals surface area contributed by atoms with E-state index in [4.69, 9.17) is 31.9 Å². The first-order valence-electron chi connectivity index (χ1n) is 8.64. The van der Waals surface area contributed by atoms with Gasteiger partial charge in [0.15, 0.2) is 6.23 Å². The van der Waals surface area contributed by atoms with Gasteiger partial charge >= 0.3 is 29.2 Å². The van der Waals surface area contributed by atoms with Gasteiger partial charge in [0, 0.05) is 6.20 Å². The molecule has 0 radical (unpaired) electrons. The third-order valence-electron chi connectivity index (χ3n) is 4.16. The van der Waals surface area contributed by atoms with Crippen molar-refractivity contribution in [2.75, 3.05) is 12.3 Å². The fourth-order valence-electron chi connectivity index (χ4n) is 2.97. The van der Waals surface area contributed by atoms with Gasteiger partial charge in [-0.05, 0) is 12.5 Å². The van der Waals surface area contributed by atoms with Crippen molar-refractivity contribution >= 4 is 40.9 Å². The molecule has 20 heteroatoms. The minimum absolute atomic E-state index is 0.0270. The van der Waals surface area contributed by atoms with E-state index in [9.17, 15) is 33.4 Å². The second kappa shape index (κ2) is 9.88. The van der Waals surface area contributed by atoms with Crippen LogP contribution < -0.4 is 11.4 Å². The second-order valence-electron chi connectivity index (χ2n) is 6.62. The van der Waals surface area contributed by atoms with Crippen molar-refractivity contribution in [3.63, 3.8) is 0 Å². The quantitative estimate of drug-likeness (QED) is 0.170. The highest BCUT2D eigenvalue weighted by atomic mass is 35.5. The van der Waals surface area contributed by atoms with Gasteiger partial charge in [0.25, 0.3) is 0 Å². The number of anilines is 1. The average molecular weight is 544 g/mol. The molecule has 2 rings (SSSR count). The molecule has 1 aromatic heterocycles. The van der Waals surface area contributed by atoms with Crippen LogP contribution in [-0.2, 0) is 31.6 Å². The Morgan fingerprint density at radius 3 is 2.41 bits per heavy atom. The van der Waals surface area contributed by atoms with Gasteiger partial charge < -0.3 is 35.2 Å². The predicted octanol–water partition coefficient (Wildman–Crippen LogP) is 0.205. The molecule has 0 bridgehead atoms. The highest BCUT2D eigenvalue weighted by molar-refractivity contribution is 7.66. The van der Waals surface area contributed by atoms with E-state index in [1.807, 2.05) is 0 Å². The molecule has 7 N–H and O–H groups in total. The Morgan fingerprint density at radius 2 is 1.88 bits per heavy atom. The third kappa shape index (κ3) is 6.90. The molecule has 1 aliphatic rings. The van der Waals surface area contributed by atoms with Crippen molar-refractivity contribution in [2.24, 2.45) is 0 Å². The molecular formula is C12H21ClN3O13P3. The Morgan fingerprint density at radius 1 is 1.25 bits per heavy atom. The topological polar surface area (TPSA) is 250 Å². The van der Waals surface area contributed by atoms with E-state index in [-0.39, 0.29) is 12.2 Å². The number of hydrogen-bond donors (Lipinski definition) is 6. The molecule has 2 heterocycles. The van der Waals surface area contributed by atoms with Gasteiger partial charge in [0.2, 0.25) is 0 Å². The highest BCUT2D eigenvalue weighted by Gasteiger charge is 2.56. The fourth-order valence-corrected chi connectivity index (χ4v) is 6.45. The van der Waals surface area contributed by atoms with Crippen molar-refractivity contribution in [2.45, 2.75) is 43.1 Å². The highest BCUT2D eigenvalue weighted by Crippen LogP contribution is 2.66. The maximum absolute atomic E-state index is 12.1. The van der Waals surface area contributed by atoms with Crippen LogP contribution in [0.1, 0.15) is 26.0 Å². The van der Waals surface area contributed by atoms with Crippen molar-refractivity contribution in [1.82, 2.24) is 9.55 Å². The van der Waals surface area contributed by atoms with E-state index < -0.39 is 59.1 Å². The van der Waals surface area contributed by atoms with Crippen LogP contribution in [0.25, 0.3) is 0 Å². The van der Waals surface area contributed by atoms with Crippen LogP contribution in [-0.4, -0.2) is 57.9 Å². The molecular weight excluding hydrogens is 523 g/mol. The molecule has 16 nitrogen and oxygen atoms in total. The number of rotatable bonds is 10. The van der Waals surface area contributed by atoms with Crippen LogP contribution in [0.5, 0.6) is 0 Å². The number of aromatic nitrogens is 2. The first kappa shape index (κ1) is 27.5. The van der Waals surface area contributed by atoms with Crippen LogP contribution in [0, 0.1) is 0 Å². The van der Waals surface area contributed by atoms with Crippen molar-refractivity contribution in [1.29, 1.82) is 0 Å². The monoisotopic (exact) mass is 543 g/mol. The number of ether oxygens (including phenoxy) is 1. The predicted molar refractivity (Wildman–Crippen MR) is 106 cm³/mol. The third-order valence-corrected chi connectivity index (χ3v) is 8.39. The van der Waals surface area contributed by atoms with Gasteiger partial charge in [-0.1, -0.05) is 13.3 Å². The van der Waals surface area contributed by atoms with Gasteiger partial charge in [0.1, 0.15) is 22.9 Å². The summed E-state index contributed by atoms with van der Waals surface area (Å²) in [6.07, 6.45) is -1.38. The van der Waals surface area contributed by atoms with Crippen LogP contribution >= 0.6 is 35.1 Å². The Labute approximate surface area is 185 Å². The summed E-state index contributed by atoms with van der Waals surface area (Å²) in [6.45, 7) is 0.721. The number of hydrogen-bond acceptors (Lipinski definition) is 11. The molecule has 6 atom stereocenters. The van der Waals surface area contributed by atoms with Gasteiger partial charge in [-0.2, -0.15) is 13.6 Å². The number of nitrogens with zero attached hydrogens (tertiary/aromatic N) is 2. The average Bonchev–Trinajstić information content (AvgIpc) is 2.83. The maximum atomic E-state index is 12.1. The summed E-state index contributed by atoms with van der Waals surface area (Å²) in [5, 5.41) is 9.39. The van der Waals surface area contributed by atoms with Crippen LogP contribution in [0.3, 0.4) is 0 Å².